The van der Waals surface area contributed by atoms with Crippen molar-refractivity contribution in [3.05, 3.63) is 59.4 Å². The fraction of sp³-hybridized carbons (Fsp3) is 0.385. The van der Waals surface area contributed by atoms with Gasteiger partial charge in [0.1, 0.15) is 0 Å². The number of aliphatic carboxylic acids is 1. The van der Waals surface area contributed by atoms with Crippen LogP contribution in [0.4, 0.5) is 8.78 Å². The van der Waals surface area contributed by atoms with Gasteiger partial charge < -0.3 is 14.4 Å². The lowest BCUT2D eigenvalue weighted by atomic mass is 9.86. The molecular weight excluding hydrogens is 440 g/mol. The topological polar surface area (TPSA) is 80.1 Å². The number of ether oxygens (including phenoxy) is 1. The van der Waals surface area contributed by atoms with Crippen LogP contribution in [-0.4, -0.2) is 39.1 Å². The van der Waals surface area contributed by atoms with Crippen LogP contribution in [0.2, 0.25) is 0 Å². The van der Waals surface area contributed by atoms with Gasteiger partial charge in [0.2, 0.25) is 0 Å². The number of carbonyl (C=O) groups is 1. The molecule has 0 bridgehead atoms. The van der Waals surface area contributed by atoms with Crippen molar-refractivity contribution in [1.82, 2.24) is 14.8 Å². The average molecular weight is 466 g/mol. The molecule has 34 heavy (non-hydrogen) atoms. The molecule has 1 aliphatic carbocycles. The molecule has 1 saturated carbocycles. The Kier molecular flexibility index (Phi) is 5.13. The number of nitrogens with one attached hydrogen (secondary N) is 1. The summed E-state index contributed by atoms with van der Waals surface area (Å²) in [5.74, 6) is -2.65. The zero-order valence-corrected chi connectivity index (χ0v) is 18.6. The molecule has 1 unspecified atom stereocenters. The van der Waals surface area contributed by atoms with Crippen molar-refractivity contribution in [1.29, 1.82) is 0 Å². The molecule has 6 rings (SSSR count). The molecule has 0 amide bonds. The van der Waals surface area contributed by atoms with Crippen molar-refractivity contribution in [2.45, 2.75) is 43.9 Å². The van der Waals surface area contributed by atoms with E-state index in [0.29, 0.717) is 31.7 Å². The smallest absolute Gasteiger partial charge is 0.306 e. The van der Waals surface area contributed by atoms with Gasteiger partial charge in [0, 0.05) is 47.4 Å². The molecular formula is C26H25F2N3O3. The molecule has 3 heterocycles. The van der Waals surface area contributed by atoms with Gasteiger partial charge >= 0.3 is 5.97 Å². The Morgan fingerprint density at radius 1 is 1.06 bits per heavy atom. The van der Waals surface area contributed by atoms with Gasteiger partial charge in [-0.2, -0.15) is 5.10 Å². The van der Waals surface area contributed by atoms with Crippen LogP contribution in [0.15, 0.2) is 36.5 Å². The van der Waals surface area contributed by atoms with Crippen LogP contribution in [0, 0.1) is 17.6 Å². The van der Waals surface area contributed by atoms with E-state index in [2.05, 4.69) is 20.8 Å². The number of rotatable bonds is 4. The Balaban J connectivity index is 1.66. The average Bonchev–Trinajstić information content (AvgIpc) is 3.56. The summed E-state index contributed by atoms with van der Waals surface area (Å²) in [4.78, 5) is 11.8. The molecule has 2 aromatic heterocycles. The second-order valence-electron chi connectivity index (χ2n) is 9.49. The molecule has 6 nitrogen and oxygen atoms in total. The summed E-state index contributed by atoms with van der Waals surface area (Å²) in [5, 5.41) is 18.8. The van der Waals surface area contributed by atoms with Crippen LogP contribution in [-0.2, 0) is 9.53 Å². The van der Waals surface area contributed by atoms with Crippen LogP contribution >= 0.6 is 0 Å². The first-order valence-corrected chi connectivity index (χ1v) is 11.8. The van der Waals surface area contributed by atoms with Crippen molar-refractivity contribution in [2.75, 3.05) is 13.2 Å². The fourth-order valence-corrected chi connectivity index (χ4v) is 5.94. The normalized spacial score (nSPS) is 21.6. The highest BCUT2D eigenvalue weighted by Gasteiger charge is 2.37. The highest BCUT2D eigenvalue weighted by Crippen LogP contribution is 2.48. The van der Waals surface area contributed by atoms with Gasteiger partial charge in [-0.25, -0.2) is 8.78 Å². The molecule has 4 aromatic rings. The number of hydrogen-bond donors (Lipinski definition) is 2. The minimum atomic E-state index is -0.893. The fourth-order valence-electron chi connectivity index (χ4n) is 5.94. The summed E-state index contributed by atoms with van der Waals surface area (Å²) in [6.07, 6.45) is 5.39. The number of carboxylic acids is 1. The minimum absolute atomic E-state index is 0.0772. The van der Waals surface area contributed by atoms with Crippen molar-refractivity contribution in [3.63, 3.8) is 0 Å². The lowest BCUT2D eigenvalue weighted by Crippen LogP contribution is -2.19. The summed E-state index contributed by atoms with van der Waals surface area (Å²) in [6, 6.07) is 8.12. The van der Waals surface area contributed by atoms with Gasteiger partial charge in [-0.1, -0.05) is 0 Å². The lowest BCUT2D eigenvalue weighted by Gasteiger charge is -2.27. The first kappa shape index (κ1) is 21.3. The maximum atomic E-state index is 14.4. The molecule has 2 N–H and O–H groups in total. The molecule has 1 aliphatic heterocycles. The minimum Gasteiger partial charge on any atom is -0.481 e. The predicted molar refractivity (Wildman–Crippen MR) is 123 cm³/mol. The number of H-pyrrole nitrogens is 1. The Morgan fingerprint density at radius 2 is 1.88 bits per heavy atom. The monoisotopic (exact) mass is 465 g/mol. The molecule has 2 atom stereocenters. The van der Waals surface area contributed by atoms with E-state index < -0.39 is 17.6 Å². The molecule has 2 aliphatic rings. The second kappa shape index (κ2) is 8.20. The number of carboxylic acid groups (broad SMARTS) is 1. The summed E-state index contributed by atoms with van der Waals surface area (Å²) in [7, 11) is 0. The quantitative estimate of drug-likeness (QED) is 0.408. The Morgan fingerprint density at radius 3 is 2.62 bits per heavy atom. The summed E-state index contributed by atoms with van der Waals surface area (Å²) in [5.41, 5.74) is 4.55. The van der Waals surface area contributed by atoms with E-state index in [-0.39, 0.29) is 17.8 Å². The van der Waals surface area contributed by atoms with E-state index in [1.165, 1.54) is 6.07 Å². The Bertz CT molecular complexity index is 1400. The van der Waals surface area contributed by atoms with Crippen LogP contribution in [0.5, 0.6) is 0 Å². The van der Waals surface area contributed by atoms with Gasteiger partial charge in [0.25, 0.3) is 0 Å². The van der Waals surface area contributed by atoms with Crippen LogP contribution in [0.25, 0.3) is 27.5 Å². The highest BCUT2D eigenvalue weighted by atomic mass is 19.2. The maximum absolute atomic E-state index is 14.4. The number of halogens is 2. The molecule has 0 radical (unpaired) electrons. The van der Waals surface area contributed by atoms with Gasteiger partial charge in [-0.3, -0.25) is 9.89 Å². The summed E-state index contributed by atoms with van der Waals surface area (Å²) in [6.45, 7) is 1.27. The predicted octanol–water partition coefficient (Wildman–Crippen LogP) is 5.65. The van der Waals surface area contributed by atoms with Crippen molar-refractivity contribution in [2.24, 2.45) is 5.92 Å². The van der Waals surface area contributed by atoms with E-state index in [1.807, 2.05) is 6.07 Å². The van der Waals surface area contributed by atoms with E-state index in [4.69, 9.17) is 4.74 Å². The largest absolute Gasteiger partial charge is 0.481 e. The molecule has 0 spiro atoms. The molecule has 2 aromatic carbocycles. The van der Waals surface area contributed by atoms with Crippen molar-refractivity contribution < 1.29 is 23.4 Å². The number of aromatic amines is 1. The number of aromatic nitrogens is 3. The van der Waals surface area contributed by atoms with Crippen molar-refractivity contribution in [3.8, 4) is 5.69 Å². The third-order valence-electron chi connectivity index (χ3n) is 7.56. The number of fused-ring (bicyclic) bond motifs is 2. The molecule has 8 heteroatoms. The number of nitrogens with zero attached hydrogens (tertiary/aromatic N) is 2. The molecule has 2 fully saturated rings. The Labute approximate surface area is 194 Å². The molecule has 1 saturated heterocycles. The van der Waals surface area contributed by atoms with E-state index in [1.54, 1.807) is 12.3 Å². The Hall–Kier alpha value is -3.26. The first-order valence-electron chi connectivity index (χ1n) is 11.8. The van der Waals surface area contributed by atoms with E-state index in [9.17, 15) is 18.7 Å². The van der Waals surface area contributed by atoms with Crippen LogP contribution in [0.1, 0.15) is 55.2 Å². The van der Waals surface area contributed by atoms with Gasteiger partial charge in [0.15, 0.2) is 11.6 Å². The number of hydrogen-bond acceptors (Lipinski definition) is 3. The maximum Gasteiger partial charge on any atom is 0.306 e. The first-order chi connectivity index (χ1) is 16.5. The summed E-state index contributed by atoms with van der Waals surface area (Å²) < 4.78 is 35.9. The van der Waals surface area contributed by atoms with Gasteiger partial charge in [-0.15, -0.1) is 0 Å². The highest BCUT2D eigenvalue weighted by molar-refractivity contribution is 5.99. The van der Waals surface area contributed by atoms with Crippen LogP contribution in [0.3, 0.4) is 0 Å². The zero-order chi connectivity index (χ0) is 23.4. The van der Waals surface area contributed by atoms with E-state index >= 15 is 0 Å². The van der Waals surface area contributed by atoms with Crippen molar-refractivity contribution >= 4 is 27.8 Å². The molecule has 176 valence electrons. The van der Waals surface area contributed by atoms with E-state index in [0.717, 1.165) is 58.4 Å². The zero-order valence-electron chi connectivity index (χ0n) is 18.6. The summed E-state index contributed by atoms with van der Waals surface area (Å²) >= 11 is 0. The van der Waals surface area contributed by atoms with Crippen LogP contribution < -0.4 is 0 Å². The number of benzene rings is 2. The van der Waals surface area contributed by atoms with Gasteiger partial charge in [0.05, 0.1) is 23.1 Å². The third-order valence-corrected chi connectivity index (χ3v) is 7.56. The third kappa shape index (κ3) is 3.39. The standard InChI is InChI=1S/C26H25F2N3O3/c27-20-4-3-18(11-21(20)28)31-23-10-17-13-29-30-22(17)12-19(23)24(15-1-2-16(9-15)26(32)33)25(31)14-5-7-34-8-6-14/h3-4,10-16H,1-2,5-9H2,(H,29,30)(H,32,33)/t15-,16?/m1/s1. The SMILES string of the molecule is O=C(O)C1CC[C@@H](c2c(C3CCOCC3)n(-c3ccc(F)c(F)c3)c3cc4cn[nH]c4cc23)C1. The van der Waals surface area contributed by atoms with Gasteiger partial charge in [-0.05, 0) is 67.9 Å². The lowest BCUT2D eigenvalue weighted by molar-refractivity contribution is -0.141. The second-order valence-corrected chi connectivity index (χ2v) is 9.49.